The maximum atomic E-state index is 10.1. The van der Waals surface area contributed by atoms with E-state index in [0.717, 1.165) is 38.5 Å². The Morgan fingerprint density at radius 2 is 0.512 bits per heavy atom. The average Bonchev–Trinajstić information content (AvgIpc) is 2.95. The van der Waals surface area contributed by atoms with Crippen molar-refractivity contribution in [1.82, 2.24) is 0 Å². The van der Waals surface area contributed by atoms with Gasteiger partial charge in [-0.2, -0.15) is 0 Å². The van der Waals surface area contributed by atoms with Crippen LogP contribution in [0.15, 0.2) is 0 Å². The molecule has 3 atom stereocenters. The molecule has 0 aromatic carbocycles. The molecule has 0 aromatic rings. The predicted molar refractivity (Wildman–Crippen MR) is 173 cm³/mol. The fourth-order valence-corrected chi connectivity index (χ4v) is 5.11. The molecule has 0 fully saturated rings. The molecule has 0 saturated carbocycles. The van der Waals surface area contributed by atoms with Crippen molar-refractivity contribution < 1.29 is 59.0 Å². The molecule has 0 aliphatic carbocycles. The summed E-state index contributed by atoms with van der Waals surface area (Å²) in [5, 5.41) is 0. The van der Waals surface area contributed by atoms with Gasteiger partial charge in [0.15, 0.2) is 0 Å². The molecule has 0 bridgehead atoms. The molecule has 0 aliphatic heterocycles. The van der Waals surface area contributed by atoms with Gasteiger partial charge >= 0.3 is 17.1 Å². The van der Waals surface area contributed by atoms with Gasteiger partial charge in [-0.05, 0) is 19.3 Å². The fourth-order valence-electron chi connectivity index (χ4n) is 4.17. The topological polar surface area (TPSA) is 148 Å². The maximum Gasteiger partial charge on any atom is 3.00 e. The Hall–Kier alpha value is 0.969. The van der Waals surface area contributed by atoms with E-state index in [4.69, 9.17) is 0 Å². The first kappa shape index (κ1) is 50.8. The van der Waals surface area contributed by atoms with Crippen molar-refractivity contribution in [2.45, 2.75) is 175 Å². The maximum absolute atomic E-state index is 10.1. The second-order valence-electron chi connectivity index (χ2n) is 10.7. The van der Waals surface area contributed by atoms with Crippen molar-refractivity contribution in [3.8, 4) is 0 Å². The molecule has 0 spiro atoms. The average molecular weight is 720 g/mol. The zero-order chi connectivity index (χ0) is 31.9. The van der Waals surface area contributed by atoms with E-state index >= 15 is 0 Å². The van der Waals surface area contributed by atoms with Crippen molar-refractivity contribution >= 4 is 24.8 Å². The van der Waals surface area contributed by atoms with Crippen LogP contribution in [0, 0.1) is 0 Å². The minimum Gasteiger partial charge on any atom is -0.781 e. The van der Waals surface area contributed by atoms with Crippen LogP contribution in [0.2, 0.25) is 0 Å². The molecule has 0 heterocycles. The third kappa shape index (κ3) is 62.5. The van der Waals surface area contributed by atoms with Gasteiger partial charge in [-0.15, -0.1) is 0 Å². The van der Waals surface area contributed by atoms with Gasteiger partial charge in [-0.3, -0.25) is 0 Å². The van der Waals surface area contributed by atoms with Crippen LogP contribution in [0.1, 0.15) is 175 Å². The Morgan fingerprint density at radius 3 is 0.674 bits per heavy atom. The Kier molecular flexibility index (Phi) is 56.0. The van der Waals surface area contributed by atoms with Gasteiger partial charge in [0.2, 0.25) is 0 Å². The molecule has 0 N–H and O–H groups in total. The van der Waals surface area contributed by atoms with Crippen molar-refractivity contribution in [2.75, 3.05) is 19.8 Å². The molecule has 0 amide bonds. The number of rotatable bonds is 30. The van der Waals surface area contributed by atoms with Crippen molar-refractivity contribution in [2.24, 2.45) is 0 Å². The SMILES string of the molecule is CCCCCCCCCCO[PH](=O)[O-].CCCCCCCCCCO[PH](=O)[O-].CCCCCCCCCCO[PH](=O)[O-].[Fe+3]. The minimum atomic E-state index is -2.94. The number of hydrogen-bond acceptors (Lipinski definition) is 9. The molecule has 3 unspecified atom stereocenters. The molecular weight excluding hydrogens is 653 g/mol. The third-order valence-corrected chi connectivity index (χ3v) is 7.97. The third-order valence-electron chi connectivity index (χ3n) is 6.65. The van der Waals surface area contributed by atoms with Gasteiger partial charge in [-0.1, -0.05) is 156 Å². The van der Waals surface area contributed by atoms with Crippen LogP contribution in [0.3, 0.4) is 0 Å². The van der Waals surface area contributed by atoms with E-state index in [-0.39, 0.29) is 17.1 Å². The normalized spacial score (nSPS) is 12.7. The predicted octanol–water partition coefficient (Wildman–Crippen LogP) is 8.68. The Morgan fingerprint density at radius 1 is 0.349 bits per heavy atom. The van der Waals surface area contributed by atoms with E-state index in [9.17, 15) is 28.4 Å². The Bertz CT molecular complexity index is 501. The van der Waals surface area contributed by atoms with Crippen LogP contribution >= 0.6 is 24.8 Å². The first-order chi connectivity index (χ1) is 20.3. The minimum absolute atomic E-state index is 0. The summed E-state index contributed by atoms with van der Waals surface area (Å²) in [6.07, 6.45) is 29.1. The first-order valence-corrected chi connectivity index (χ1v) is 20.5. The van der Waals surface area contributed by atoms with Gasteiger partial charge in [0.1, 0.15) is 24.8 Å². The molecule has 1 radical (unpaired) electrons. The largest absolute Gasteiger partial charge is 3.00 e. The quantitative estimate of drug-likeness (QED) is 0.0404. The van der Waals surface area contributed by atoms with Crippen LogP contribution < -0.4 is 14.7 Å². The van der Waals surface area contributed by atoms with E-state index in [1.165, 1.54) is 116 Å². The molecule has 9 nitrogen and oxygen atoms in total. The molecule has 0 aliphatic rings. The van der Waals surface area contributed by atoms with Gasteiger partial charge in [0.25, 0.3) is 0 Å². The van der Waals surface area contributed by atoms with E-state index in [1.807, 2.05) is 0 Å². The van der Waals surface area contributed by atoms with E-state index in [2.05, 4.69) is 34.3 Å². The van der Waals surface area contributed by atoms with Crippen molar-refractivity contribution in [3.05, 3.63) is 0 Å². The summed E-state index contributed by atoms with van der Waals surface area (Å²) in [6, 6.07) is 0. The summed E-state index contributed by atoms with van der Waals surface area (Å²) in [6.45, 7) is 7.75. The van der Waals surface area contributed by atoms with E-state index in [1.54, 1.807) is 0 Å². The molecule has 0 saturated heterocycles. The first-order valence-electron chi connectivity index (χ1n) is 16.8. The summed E-state index contributed by atoms with van der Waals surface area (Å²) in [4.78, 5) is 30.2. The Balaban J connectivity index is -0.000000262. The molecule has 0 rings (SSSR count). The van der Waals surface area contributed by atoms with Crippen LogP contribution in [-0.4, -0.2) is 19.8 Å². The molecule has 0 aromatic heterocycles. The fraction of sp³-hybridized carbons (Fsp3) is 1.00. The van der Waals surface area contributed by atoms with Crippen LogP contribution in [0.25, 0.3) is 0 Å². The summed E-state index contributed by atoms with van der Waals surface area (Å²) in [5.41, 5.74) is 0. The molecule has 263 valence electrons. The number of hydrogen-bond donors (Lipinski definition) is 0. The van der Waals surface area contributed by atoms with Gasteiger partial charge in [-0.25, -0.2) is 0 Å². The van der Waals surface area contributed by atoms with Crippen molar-refractivity contribution in [1.29, 1.82) is 0 Å². The zero-order valence-electron chi connectivity index (χ0n) is 27.6. The second kappa shape index (κ2) is 47.4. The van der Waals surface area contributed by atoms with E-state index in [0.29, 0.717) is 19.8 Å². The smallest absolute Gasteiger partial charge is 0.781 e. The molecular formula is C30H66FeO9P3. The summed E-state index contributed by atoms with van der Waals surface area (Å²) < 4.78 is 43.6. The molecule has 13 heteroatoms. The number of unbranched alkanes of at least 4 members (excludes halogenated alkanes) is 21. The summed E-state index contributed by atoms with van der Waals surface area (Å²) in [5.74, 6) is 0. The zero-order valence-corrected chi connectivity index (χ0v) is 31.7. The van der Waals surface area contributed by atoms with E-state index < -0.39 is 24.8 Å². The van der Waals surface area contributed by atoms with Gasteiger partial charge in [0.05, 0.1) is 19.8 Å². The summed E-state index contributed by atoms with van der Waals surface area (Å²) in [7, 11) is -8.82. The van der Waals surface area contributed by atoms with Crippen LogP contribution in [0.5, 0.6) is 0 Å². The monoisotopic (exact) mass is 719 g/mol. The van der Waals surface area contributed by atoms with Gasteiger partial charge < -0.3 is 41.9 Å². The second-order valence-corrected chi connectivity index (χ2v) is 13.1. The standard InChI is InChI=1S/3C10H23O3P.Fe/c3*1-2-3-4-5-6-7-8-9-10-13-14(11)12;/h3*14H,2-10H2,1H3,(H,11,12);/q;;;+3/p-3. The van der Waals surface area contributed by atoms with Crippen LogP contribution in [0.4, 0.5) is 0 Å². The van der Waals surface area contributed by atoms with Gasteiger partial charge in [0, 0.05) is 0 Å². The van der Waals surface area contributed by atoms with Crippen molar-refractivity contribution in [3.63, 3.8) is 0 Å². The molecule has 43 heavy (non-hydrogen) atoms. The van der Waals surface area contributed by atoms with Crippen LogP contribution in [-0.2, 0) is 44.3 Å². The summed E-state index contributed by atoms with van der Waals surface area (Å²) >= 11 is 0. The Labute approximate surface area is 277 Å².